The molecule has 10 heteroatoms. The fourth-order valence-electron chi connectivity index (χ4n) is 3.63. The molecule has 1 N–H and O–H groups in total. The summed E-state index contributed by atoms with van der Waals surface area (Å²) < 4.78 is 41.4. The highest BCUT2D eigenvalue weighted by atomic mass is 19.4. The largest absolute Gasteiger partial charge is 0.417 e. The second-order valence-electron chi connectivity index (χ2n) is 8.04. The van der Waals surface area contributed by atoms with Gasteiger partial charge in [-0.1, -0.05) is 0 Å². The van der Waals surface area contributed by atoms with Gasteiger partial charge < -0.3 is 10.0 Å². The third-order valence-electron chi connectivity index (χ3n) is 5.17. The van der Waals surface area contributed by atoms with Crippen LogP contribution in [0.1, 0.15) is 5.56 Å². The van der Waals surface area contributed by atoms with Crippen molar-refractivity contribution in [2.45, 2.75) is 18.8 Å². The van der Waals surface area contributed by atoms with Gasteiger partial charge in [0.15, 0.2) is 0 Å². The van der Waals surface area contributed by atoms with Gasteiger partial charge in [0.1, 0.15) is 0 Å². The van der Waals surface area contributed by atoms with Crippen molar-refractivity contribution in [3.8, 4) is 16.9 Å². The molecule has 3 heterocycles. The minimum absolute atomic E-state index is 0.278. The third kappa shape index (κ3) is 4.96. The van der Waals surface area contributed by atoms with E-state index in [9.17, 15) is 23.1 Å². The maximum absolute atomic E-state index is 12.7. The molecular formula is C23H22F3N5O2. The molecule has 1 atom stereocenters. The van der Waals surface area contributed by atoms with Crippen LogP contribution in [0.4, 0.5) is 13.2 Å². The Kier molecular flexibility index (Phi) is 6.05. The summed E-state index contributed by atoms with van der Waals surface area (Å²) in [6.45, 7) is 0.852. The van der Waals surface area contributed by atoms with Crippen LogP contribution in [0.3, 0.4) is 0 Å². The number of benzene rings is 1. The second-order valence-corrected chi connectivity index (χ2v) is 8.04. The number of halogens is 3. The van der Waals surface area contributed by atoms with Crippen molar-refractivity contribution in [1.29, 1.82) is 0 Å². The van der Waals surface area contributed by atoms with E-state index >= 15 is 0 Å². The number of nitrogens with zero attached hydrogens (tertiary/aromatic N) is 5. The van der Waals surface area contributed by atoms with E-state index in [1.54, 1.807) is 29.2 Å². The fraction of sp³-hybridized carbons (Fsp3) is 0.261. The van der Waals surface area contributed by atoms with E-state index in [1.807, 2.05) is 31.1 Å². The lowest BCUT2D eigenvalue weighted by atomic mass is 10.1. The van der Waals surface area contributed by atoms with Gasteiger partial charge in [-0.3, -0.25) is 19.0 Å². The van der Waals surface area contributed by atoms with Gasteiger partial charge in [0.2, 0.25) is 0 Å². The van der Waals surface area contributed by atoms with Crippen molar-refractivity contribution >= 4 is 10.9 Å². The highest BCUT2D eigenvalue weighted by Crippen LogP contribution is 2.29. The Labute approximate surface area is 187 Å². The summed E-state index contributed by atoms with van der Waals surface area (Å²) in [5, 5.41) is 15.3. The van der Waals surface area contributed by atoms with Crippen LogP contribution < -0.4 is 5.56 Å². The second kappa shape index (κ2) is 8.80. The molecule has 0 aliphatic rings. The normalized spacial score (nSPS) is 13.1. The molecular weight excluding hydrogens is 435 g/mol. The van der Waals surface area contributed by atoms with Gasteiger partial charge in [-0.2, -0.15) is 18.3 Å². The highest BCUT2D eigenvalue weighted by molar-refractivity contribution is 5.81. The molecule has 0 fully saturated rings. The summed E-state index contributed by atoms with van der Waals surface area (Å²) in [6.07, 6.45) is -1.05. The molecule has 0 unspecified atom stereocenters. The van der Waals surface area contributed by atoms with Crippen molar-refractivity contribution in [2.75, 3.05) is 20.6 Å². The summed E-state index contributed by atoms with van der Waals surface area (Å²) in [5.41, 5.74) is 0.960. The number of aliphatic hydroxyl groups excluding tert-OH is 1. The number of hydrogen-bond acceptors (Lipinski definition) is 5. The Balaban J connectivity index is 1.59. The molecule has 7 nitrogen and oxygen atoms in total. The van der Waals surface area contributed by atoms with E-state index in [-0.39, 0.29) is 11.3 Å². The monoisotopic (exact) mass is 457 g/mol. The van der Waals surface area contributed by atoms with Gasteiger partial charge in [0.05, 0.1) is 35.6 Å². The van der Waals surface area contributed by atoms with Crippen molar-refractivity contribution in [3.05, 3.63) is 77.0 Å². The third-order valence-corrected chi connectivity index (χ3v) is 5.17. The maximum Gasteiger partial charge on any atom is 0.417 e. The predicted octanol–water partition coefficient (Wildman–Crippen LogP) is 3.19. The minimum atomic E-state index is -4.47. The highest BCUT2D eigenvalue weighted by Gasteiger charge is 2.30. The van der Waals surface area contributed by atoms with Crippen LogP contribution in [0.15, 0.2) is 65.8 Å². The molecule has 0 saturated heterocycles. The van der Waals surface area contributed by atoms with Gasteiger partial charge in [-0.15, -0.1) is 0 Å². The lowest BCUT2D eigenvalue weighted by molar-refractivity contribution is -0.137. The van der Waals surface area contributed by atoms with Crippen LogP contribution in [-0.4, -0.2) is 56.1 Å². The summed E-state index contributed by atoms with van der Waals surface area (Å²) in [7, 11) is 3.76. The van der Waals surface area contributed by atoms with Crippen LogP contribution in [0.5, 0.6) is 0 Å². The molecule has 0 spiro atoms. The zero-order valence-electron chi connectivity index (χ0n) is 18.0. The Morgan fingerprint density at radius 1 is 1.09 bits per heavy atom. The maximum atomic E-state index is 12.7. The molecule has 3 aromatic heterocycles. The van der Waals surface area contributed by atoms with E-state index < -0.39 is 17.8 Å². The number of pyridine rings is 2. The van der Waals surface area contributed by atoms with E-state index in [2.05, 4.69) is 10.1 Å². The smallest absolute Gasteiger partial charge is 0.390 e. The molecule has 1 aromatic carbocycles. The van der Waals surface area contributed by atoms with Crippen LogP contribution in [0.2, 0.25) is 0 Å². The molecule has 0 aliphatic carbocycles. The standard InChI is InChI=1S/C23H22F3N5O2/c1-29(2)13-19(32)14-31-21-6-4-18(9-16(21)11-28-31)30-8-7-15(10-22(30)33)20-5-3-17(12-27-20)23(24,25)26/h3-12,19,32H,13-14H2,1-2H3/t19-/m0/s1. The zero-order chi connectivity index (χ0) is 23.8. The Hall–Kier alpha value is -3.50. The number of hydrogen-bond donors (Lipinski definition) is 1. The van der Waals surface area contributed by atoms with E-state index in [0.29, 0.717) is 24.3 Å². The van der Waals surface area contributed by atoms with E-state index in [1.165, 1.54) is 16.7 Å². The van der Waals surface area contributed by atoms with Crippen molar-refractivity contribution in [3.63, 3.8) is 0 Å². The average Bonchev–Trinajstić information content (AvgIpc) is 3.14. The number of aromatic nitrogens is 4. The number of likely N-dealkylation sites (N-methyl/N-ethyl adjacent to an activating group) is 1. The average molecular weight is 457 g/mol. The first kappa shape index (κ1) is 22.7. The number of fused-ring (bicyclic) bond motifs is 1. The van der Waals surface area contributed by atoms with E-state index in [4.69, 9.17) is 0 Å². The number of aliphatic hydroxyl groups is 1. The molecule has 172 valence electrons. The van der Waals surface area contributed by atoms with Crippen molar-refractivity contribution in [2.24, 2.45) is 0 Å². The van der Waals surface area contributed by atoms with Crippen LogP contribution in [-0.2, 0) is 12.7 Å². The number of rotatable bonds is 6. The quantitative estimate of drug-likeness (QED) is 0.481. The van der Waals surface area contributed by atoms with Crippen LogP contribution in [0.25, 0.3) is 27.8 Å². The Morgan fingerprint density at radius 2 is 1.88 bits per heavy atom. The SMILES string of the molecule is CN(C)C[C@H](O)Cn1ncc2cc(-n3ccc(-c4ccc(C(F)(F)F)cn4)cc3=O)ccc21. The van der Waals surface area contributed by atoms with Gasteiger partial charge in [0, 0.05) is 41.6 Å². The van der Waals surface area contributed by atoms with Gasteiger partial charge in [-0.25, -0.2) is 0 Å². The first-order chi connectivity index (χ1) is 15.6. The Morgan fingerprint density at radius 3 is 2.52 bits per heavy atom. The summed E-state index contributed by atoms with van der Waals surface area (Å²) >= 11 is 0. The number of alkyl halides is 3. The van der Waals surface area contributed by atoms with Gasteiger partial charge in [-0.05, 0) is 50.5 Å². The molecule has 0 amide bonds. The predicted molar refractivity (Wildman–Crippen MR) is 118 cm³/mol. The van der Waals surface area contributed by atoms with Crippen LogP contribution in [0, 0.1) is 0 Å². The minimum Gasteiger partial charge on any atom is -0.390 e. The molecule has 0 saturated carbocycles. The summed E-state index contributed by atoms with van der Waals surface area (Å²) in [6, 6.07) is 10.6. The fourth-order valence-corrected chi connectivity index (χ4v) is 3.63. The molecule has 0 bridgehead atoms. The van der Waals surface area contributed by atoms with Crippen molar-refractivity contribution < 1.29 is 18.3 Å². The van der Waals surface area contributed by atoms with E-state index in [0.717, 1.165) is 23.2 Å². The molecule has 0 aliphatic heterocycles. The van der Waals surface area contributed by atoms with Gasteiger partial charge >= 0.3 is 6.18 Å². The van der Waals surface area contributed by atoms with Crippen molar-refractivity contribution in [1.82, 2.24) is 24.2 Å². The topological polar surface area (TPSA) is 76.2 Å². The molecule has 4 aromatic rings. The summed E-state index contributed by atoms with van der Waals surface area (Å²) in [5.74, 6) is 0. The zero-order valence-corrected chi connectivity index (χ0v) is 18.0. The summed E-state index contributed by atoms with van der Waals surface area (Å²) in [4.78, 5) is 18.5. The molecule has 33 heavy (non-hydrogen) atoms. The first-order valence-corrected chi connectivity index (χ1v) is 10.2. The lowest BCUT2D eigenvalue weighted by Gasteiger charge is -2.16. The molecule has 0 radical (unpaired) electrons. The lowest BCUT2D eigenvalue weighted by Crippen LogP contribution is -2.29. The van der Waals surface area contributed by atoms with Gasteiger partial charge in [0.25, 0.3) is 5.56 Å². The first-order valence-electron chi connectivity index (χ1n) is 10.2. The molecule has 4 rings (SSSR count). The Bertz CT molecular complexity index is 1330. The van der Waals surface area contributed by atoms with Crippen LogP contribution >= 0.6 is 0 Å².